The van der Waals surface area contributed by atoms with E-state index in [1.54, 1.807) is 13.0 Å². The molecule has 0 saturated carbocycles. The molecule has 1 aliphatic heterocycles. The minimum Gasteiger partial charge on any atom is -0.345 e. The van der Waals surface area contributed by atoms with Gasteiger partial charge in [0.1, 0.15) is 5.57 Å². The molecule has 6 nitrogen and oxygen atoms in total. The van der Waals surface area contributed by atoms with Crippen molar-refractivity contribution in [2.75, 3.05) is 6.26 Å². The molecule has 1 N–H and O–H groups in total. The molecule has 2 unspecified atom stereocenters. The highest BCUT2D eigenvalue weighted by atomic mass is 32.2. The first kappa shape index (κ1) is 27.3. The molecule has 1 aliphatic rings. The fraction of sp³-hybridized carbons (Fsp3) is 0.346. The second kappa shape index (κ2) is 10.0. The molecule has 1 amide bonds. The van der Waals surface area contributed by atoms with Crippen LogP contribution in [0.1, 0.15) is 55.0 Å². The molecule has 2 atom stereocenters. The van der Waals surface area contributed by atoms with E-state index in [-0.39, 0.29) is 27.7 Å². The van der Waals surface area contributed by atoms with Crippen molar-refractivity contribution in [3.8, 4) is 0 Å². The summed E-state index contributed by atoms with van der Waals surface area (Å²) in [6.07, 6.45) is -2.34. The lowest BCUT2D eigenvalue weighted by Gasteiger charge is -2.27. The van der Waals surface area contributed by atoms with Gasteiger partial charge in [-0.1, -0.05) is 38.1 Å². The second-order valence-electron chi connectivity index (χ2n) is 9.22. The smallest absolute Gasteiger partial charge is 0.345 e. The number of carbonyl (C=O) groups is 2. The number of Topliss-reactive ketones (excluding diaryl/α,β-unsaturated/α-hetero) is 1. The standard InChI is InChI=1S/C26H27F3N2O4S/c1-14(2)23(20-10-9-19(11-15(20)3)36(5,34)35)31-25(33)21-13-30-16(4)22(24(21)32)17-7-6-8-18(12-17)26(27,28)29/h6-14,22-23H,1-5H3,(H,31,33). The average molecular weight is 521 g/mol. The first-order valence-corrected chi connectivity index (χ1v) is 13.1. The van der Waals surface area contributed by atoms with Gasteiger partial charge in [0, 0.05) is 18.2 Å². The molecule has 0 saturated heterocycles. The number of nitrogens with one attached hydrogen (secondary N) is 1. The van der Waals surface area contributed by atoms with Crippen LogP contribution in [0.5, 0.6) is 0 Å². The van der Waals surface area contributed by atoms with E-state index in [1.165, 1.54) is 31.2 Å². The van der Waals surface area contributed by atoms with E-state index in [0.717, 1.165) is 24.6 Å². The predicted molar refractivity (Wildman–Crippen MR) is 130 cm³/mol. The van der Waals surface area contributed by atoms with Crippen LogP contribution in [0.15, 0.2) is 64.1 Å². The maximum atomic E-state index is 13.3. The van der Waals surface area contributed by atoms with Crippen molar-refractivity contribution in [3.63, 3.8) is 0 Å². The number of hydrogen-bond acceptors (Lipinski definition) is 5. The molecule has 0 fully saturated rings. The van der Waals surface area contributed by atoms with Crippen LogP contribution in [0.2, 0.25) is 0 Å². The number of nitrogens with zero attached hydrogens (tertiary/aromatic N) is 1. The zero-order chi connectivity index (χ0) is 27.0. The number of alkyl halides is 3. The summed E-state index contributed by atoms with van der Waals surface area (Å²) in [5.41, 5.74) is 0.555. The number of hydrogen-bond donors (Lipinski definition) is 1. The Hall–Kier alpha value is -3.27. The van der Waals surface area contributed by atoms with Crippen LogP contribution < -0.4 is 5.32 Å². The fourth-order valence-electron chi connectivity index (χ4n) is 4.16. The van der Waals surface area contributed by atoms with Gasteiger partial charge >= 0.3 is 6.18 Å². The topological polar surface area (TPSA) is 92.7 Å². The number of aliphatic imine (C=N–C) groups is 1. The van der Waals surface area contributed by atoms with E-state index in [9.17, 15) is 31.2 Å². The highest BCUT2D eigenvalue weighted by molar-refractivity contribution is 7.90. The molecule has 0 aliphatic carbocycles. The lowest BCUT2D eigenvalue weighted by Crippen LogP contribution is -2.38. The summed E-state index contributed by atoms with van der Waals surface area (Å²) >= 11 is 0. The Balaban J connectivity index is 1.91. The van der Waals surface area contributed by atoms with E-state index < -0.39 is 45.2 Å². The SMILES string of the molecule is CC1=NC=C(C(=O)NC(c2ccc(S(C)(=O)=O)cc2C)C(C)C)C(=O)C1c1cccc(C(F)(F)F)c1. The lowest BCUT2D eigenvalue weighted by molar-refractivity contribution is -0.137. The first-order valence-electron chi connectivity index (χ1n) is 11.2. The van der Waals surface area contributed by atoms with Crippen molar-refractivity contribution < 1.29 is 31.2 Å². The van der Waals surface area contributed by atoms with Gasteiger partial charge in [-0.15, -0.1) is 0 Å². The largest absolute Gasteiger partial charge is 0.416 e. The number of rotatable bonds is 6. The Bertz CT molecular complexity index is 1380. The van der Waals surface area contributed by atoms with E-state index in [2.05, 4.69) is 10.3 Å². The number of aryl methyl sites for hydroxylation is 1. The predicted octanol–water partition coefficient (Wildman–Crippen LogP) is 4.94. The summed E-state index contributed by atoms with van der Waals surface area (Å²) < 4.78 is 63.4. The third-order valence-corrected chi connectivity index (χ3v) is 7.20. The van der Waals surface area contributed by atoms with Crippen molar-refractivity contribution in [2.45, 2.75) is 50.7 Å². The van der Waals surface area contributed by atoms with Crippen LogP contribution in [0.3, 0.4) is 0 Å². The van der Waals surface area contributed by atoms with Crippen molar-refractivity contribution in [1.82, 2.24) is 5.32 Å². The van der Waals surface area contributed by atoms with Crippen molar-refractivity contribution in [2.24, 2.45) is 10.9 Å². The summed E-state index contributed by atoms with van der Waals surface area (Å²) in [7, 11) is -3.41. The number of sulfone groups is 1. The minimum absolute atomic E-state index is 0.0992. The van der Waals surface area contributed by atoms with Crippen molar-refractivity contribution in [3.05, 3.63) is 76.5 Å². The normalized spacial score (nSPS) is 17.5. The van der Waals surface area contributed by atoms with Gasteiger partial charge in [-0.25, -0.2) is 8.42 Å². The Morgan fingerprint density at radius 2 is 1.75 bits per heavy atom. The number of amides is 1. The van der Waals surface area contributed by atoms with E-state index in [0.29, 0.717) is 11.1 Å². The summed E-state index contributed by atoms with van der Waals surface area (Å²) in [5.74, 6) is -2.60. The van der Waals surface area contributed by atoms with E-state index >= 15 is 0 Å². The molecule has 0 aromatic heterocycles. The zero-order valence-corrected chi connectivity index (χ0v) is 21.3. The molecule has 2 aromatic rings. The summed E-state index contributed by atoms with van der Waals surface area (Å²) in [6.45, 7) is 6.98. The van der Waals surface area contributed by atoms with Crippen LogP contribution in [0, 0.1) is 12.8 Å². The number of carbonyl (C=O) groups excluding carboxylic acids is 2. The lowest BCUT2D eigenvalue weighted by atomic mass is 9.84. The van der Waals surface area contributed by atoms with Gasteiger partial charge in [0.2, 0.25) is 0 Å². The Morgan fingerprint density at radius 1 is 1.08 bits per heavy atom. The Labute approximate surface area is 208 Å². The second-order valence-corrected chi connectivity index (χ2v) is 11.2. The number of ketones is 1. The molecule has 36 heavy (non-hydrogen) atoms. The maximum absolute atomic E-state index is 13.3. The van der Waals surface area contributed by atoms with Crippen LogP contribution in [-0.2, 0) is 25.6 Å². The van der Waals surface area contributed by atoms with Crippen LogP contribution >= 0.6 is 0 Å². The third kappa shape index (κ3) is 5.75. The third-order valence-electron chi connectivity index (χ3n) is 6.09. The highest BCUT2D eigenvalue weighted by Crippen LogP contribution is 2.34. The monoisotopic (exact) mass is 520 g/mol. The van der Waals surface area contributed by atoms with E-state index in [4.69, 9.17) is 0 Å². The molecule has 10 heteroatoms. The number of benzene rings is 2. The van der Waals surface area contributed by atoms with Gasteiger partial charge in [0.15, 0.2) is 15.6 Å². The van der Waals surface area contributed by atoms with Gasteiger partial charge in [0.05, 0.1) is 22.4 Å². The van der Waals surface area contributed by atoms with Gasteiger partial charge in [-0.2, -0.15) is 13.2 Å². The molecule has 0 spiro atoms. The summed E-state index contributed by atoms with van der Waals surface area (Å²) in [5, 5.41) is 2.83. The molecule has 1 heterocycles. The Morgan fingerprint density at radius 3 is 2.31 bits per heavy atom. The minimum atomic E-state index is -4.58. The Kier molecular flexibility index (Phi) is 7.59. The molecule has 3 rings (SSSR count). The quantitative estimate of drug-likeness (QED) is 0.546. The molecule has 0 bridgehead atoms. The highest BCUT2D eigenvalue weighted by Gasteiger charge is 2.36. The van der Waals surface area contributed by atoms with E-state index in [1.807, 2.05) is 13.8 Å². The first-order chi connectivity index (χ1) is 16.6. The van der Waals surface area contributed by atoms with Crippen molar-refractivity contribution in [1.29, 1.82) is 0 Å². The van der Waals surface area contributed by atoms with Crippen molar-refractivity contribution >= 4 is 27.2 Å². The summed E-state index contributed by atoms with van der Waals surface area (Å²) in [4.78, 5) is 30.8. The van der Waals surface area contributed by atoms with Crippen LogP contribution in [0.25, 0.3) is 0 Å². The van der Waals surface area contributed by atoms with Gasteiger partial charge in [-0.05, 0) is 54.7 Å². The van der Waals surface area contributed by atoms with Crippen LogP contribution in [-0.4, -0.2) is 32.1 Å². The average Bonchev–Trinajstić information content (AvgIpc) is 2.76. The fourth-order valence-corrected chi connectivity index (χ4v) is 4.86. The molecule has 192 valence electrons. The number of halogens is 3. The molecule has 2 aromatic carbocycles. The van der Waals surface area contributed by atoms with Crippen LogP contribution in [0.4, 0.5) is 13.2 Å². The zero-order valence-electron chi connectivity index (χ0n) is 20.5. The van der Waals surface area contributed by atoms with Gasteiger partial charge in [0.25, 0.3) is 5.91 Å². The van der Waals surface area contributed by atoms with Gasteiger partial charge in [-0.3, -0.25) is 14.6 Å². The maximum Gasteiger partial charge on any atom is 0.416 e. The summed E-state index contributed by atoms with van der Waals surface area (Å²) in [6, 6.07) is 8.48. The molecule has 0 radical (unpaired) electrons. The van der Waals surface area contributed by atoms with Gasteiger partial charge < -0.3 is 5.32 Å². The molecular formula is C26H27F3N2O4S. The molecular weight excluding hydrogens is 493 g/mol.